The number of nitrogens with zero attached hydrogens (tertiary/aromatic N) is 3. The maximum atomic E-state index is 5.88. The summed E-state index contributed by atoms with van der Waals surface area (Å²) in [6.45, 7) is 5.58. The number of aromatic nitrogens is 2. The number of nitrogens with two attached hydrogens (primary N) is 1. The van der Waals surface area contributed by atoms with Crippen molar-refractivity contribution in [2.24, 2.45) is 0 Å². The van der Waals surface area contributed by atoms with E-state index in [2.05, 4.69) is 37.1 Å². The molecule has 5 heteroatoms. The summed E-state index contributed by atoms with van der Waals surface area (Å²) in [6.07, 6.45) is 3.14. The smallest absolute Gasteiger partial charge is 0.132 e. The summed E-state index contributed by atoms with van der Waals surface area (Å²) in [4.78, 5) is 7.14. The molecule has 1 fully saturated rings. The summed E-state index contributed by atoms with van der Waals surface area (Å²) < 4.78 is 3.04. The summed E-state index contributed by atoms with van der Waals surface area (Å²) in [7, 11) is 0. The van der Waals surface area contributed by atoms with Crippen LogP contribution in [-0.4, -0.2) is 33.9 Å². The van der Waals surface area contributed by atoms with E-state index < -0.39 is 0 Å². The van der Waals surface area contributed by atoms with Crippen LogP contribution in [-0.2, 0) is 0 Å². The number of imidazole rings is 1. The Hall–Kier alpha value is -1.07. The minimum atomic E-state index is 0.505. The van der Waals surface area contributed by atoms with Gasteiger partial charge in [-0.1, -0.05) is 6.92 Å². The highest BCUT2D eigenvalue weighted by atomic mass is 79.9. The molecule has 1 atom stereocenters. The number of rotatable bonds is 2. The minimum Gasteiger partial charge on any atom is -0.398 e. The van der Waals surface area contributed by atoms with Crippen molar-refractivity contribution in [3.63, 3.8) is 0 Å². The van der Waals surface area contributed by atoms with Gasteiger partial charge in [-0.25, -0.2) is 4.98 Å². The van der Waals surface area contributed by atoms with Crippen molar-refractivity contribution in [1.29, 1.82) is 0 Å². The maximum Gasteiger partial charge on any atom is 0.132 e. The van der Waals surface area contributed by atoms with Crippen LogP contribution >= 0.6 is 15.9 Å². The molecule has 0 aromatic carbocycles. The number of nitrogen functional groups attached to an aromatic ring is 1. The number of likely N-dealkylation sites (N-methyl/N-ethyl adjacent to an activating group) is 1. The van der Waals surface area contributed by atoms with Gasteiger partial charge in [-0.3, -0.25) is 0 Å². The molecule has 3 heterocycles. The molecule has 3 rings (SSSR count). The van der Waals surface area contributed by atoms with Crippen LogP contribution in [0.5, 0.6) is 0 Å². The molecule has 0 saturated carbocycles. The van der Waals surface area contributed by atoms with E-state index in [0.29, 0.717) is 5.92 Å². The molecule has 1 aliphatic heterocycles. The van der Waals surface area contributed by atoms with Crippen LogP contribution in [0.1, 0.15) is 25.1 Å². The van der Waals surface area contributed by atoms with E-state index in [9.17, 15) is 0 Å². The molecule has 2 N–H and O–H groups in total. The first-order valence-corrected chi connectivity index (χ1v) is 7.13. The fraction of sp³-hybridized carbons (Fsp3) is 0.462. The lowest BCUT2D eigenvalue weighted by molar-refractivity contribution is 0.352. The first-order chi connectivity index (χ1) is 8.69. The second-order valence-electron chi connectivity index (χ2n) is 4.86. The summed E-state index contributed by atoms with van der Waals surface area (Å²) >= 11 is 3.54. The van der Waals surface area contributed by atoms with E-state index in [1.54, 1.807) is 0 Å². The Labute approximate surface area is 115 Å². The van der Waals surface area contributed by atoms with Crippen molar-refractivity contribution in [2.45, 2.75) is 19.3 Å². The van der Waals surface area contributed by atoms with Crippen LogP contribution in [0.3, 0.4) is 0 Å². The van der Waals surface area contributed by atoms with Gasteiger partial charge in [0.05, 0.1) is 5.52 Å². The molecule has 2 aromatic heterocycles. The summed E-state index contributed by atoms with van der Waals surface area (Å²) in [5.74, 6) is 1.63. The van der Waals surface area contributed by atoms with E-state index in [1.807, 2.05) is 18.3 Å². The van der Waals surface area contributed by atoms with E-state index in [0.717, 1.165) is 41.3 Å². The van der Waals surface area contributed by atoms with Gasteiger partial charge in [-0.2, -0.15) is 0 Å². The van der Waals surface area contributed by atoms with Gasteiger partial charge in [-0.05, 0) is 47.6 Å². The third kappa shape index (κ3) is 1.91. The van der Waals surface area contributed by atoms with Gasteiger partial charge in [-0.15, -0.1) is 0 Å². The average Bonchev–Trinajstić information content (AvgIpc) is 2.94. The maximum absolute atomic E-state index is 5.88. The number of fused-ring (bicyclic) bond motifs is 1. The molecular formula is C13H17BrN4. The van der Waals surface area contributed by atoms with Gasteiger partial charge in [0.15, 0.2) is 0 Å². The lowest BCUT2D eigenvalue weighted by Gasteiger charge is -2.12. The van der Waals surface area contributed by atoms with Crippen LogP contribution in [0.4, 0.5) is 5.69 Å². The number of hydrogen-bond acceptors (Lipinski definition) is 3. The highest BCUT2D eigenvalue weighted by Crippen LogP contribution is 2.30. The van der Waals surface area contributed by atoms with Crippen LogP contribution in [0.25, 0.3) is 5.52 Å². The molecule has 0 bridgehead atoms. The van der Waals surface area contributed by atoms with Crippen molar-refractivity contribution in [1.82, 2.24) is 14.3 Å². The van der Waals surface area contributed by atoms with Gasteiger partial charge in [0.25, 0.3) is 0 Å². The Morgan fingerprint density at radius 1 is 1.50 bits per heavy atom. The van der Waals surface area contributed by atoms with Gasteiger partial charge in [0.1, 0.15) is 10.4 Å². The molecule has 1 aliphatic rings. The van der Waals surface area contributed by atoms with Gasteiger partial charge < -0.3 is 15.0 Å². The van der Waals surface area contributed by atoms with E-state index >= 15 is 0 Å². The average molecular weight is 309 g/mol. The van der Waals surface area contributed by atoms with Crippen molar-refractivity contribution >= 4 is 27.1 Å². The van der Waals surface area contributed by atoms with Crippen molar-refractivity contribution in [3.8, 4) is 0 Å². The van der Waals surface area contributed by atoms with Crippen molar-refractivity contribution in [2.75, 3.05) is 25.4 Å². The molecule has 0 spiro atoms. The Morgan fingerprint density at radius 2 is 2.33 bits per heavy atom. The number of halogens is 1. The van der Waals surface area contributed by atoms with Gasteiger partial charge in [0, 0.05) is 24.3 Å². The summed E-state index contributed by atoms with van der Waals surface area (Å²) in [5, 5.41) is 0. The molecule has 2 aromatic rings. The molecule has 96 valence electrons. The molecule has 18 heavy (non-hydrogen) atoms. The van der Waals surface area contributed by atoms with Crippen LogP contribution < -0.4 is 5.73 Å². The van der Waals surface area contributed by atoms with Crippen LogP contribution in [0, 0.1) is 0 Å². The molecule has 4 nitrogen and oxygen atoms in total. The fourth-order valence-corrected chi connectivity index (χ4v) is 3.21. The highest BCUT2D eigenvalue weighted by Gasteiger charge is 2.26. The van der Waals surface area contributed by atoms with E-state index in [-0.39, 0.29) is 0 Å². The third-order valence-corrected chi connectivity index (χ3v) is 4.31. The fourth-order valence-electron chi connectivity index (χ4n) is 2.71. The summed E-state index contributed by atoms with van der Waals surface area (Å²) in [5.41, 5.74) is 7.75. The number of anilines is 1. The largest absolute Gasteiger partial charge is 0.398 e. The lowest BCUT2D eigenvalue weighted by Crippen LogP contribution is -2.19. The SMILES string of the molecule is CCN1CCC(c2nc(Br)c3ccc(N)cn23)C1. The summed E-state index contributed by atoms with van der Waals surface area (Å²) in [6, 6.07) is 3.93. The molecular weight excluding hydrogens is 292 g/mol. The van der Waals surface area contributed by atoms with Gasteiger partial charge >= 0.3 is 0 Å². The highest BCUT2D eigenvalue weighted by molar-refractivity contribution is 9.10. The second kappa shape index (κ2) is 4.55. The normalized spacial score (nSPS) is 20.9. The Kier molecular flexibility index (Phi) is 3.03. The number of likely N-dealkylation sites (tertiary alicyclic amines) is 1. The minimum absolute atomic E-state index is 0.505. The molecule has 1 saturated heterocycles. The topological polar surface area (TPSA) is 46.6 Å². The Bertz CT molecular complexity index is 578. The van der Waals surface area contributed by atoms with E-state index in [4.69, 9.17) is 5.73 Å². The van der Waals surface area contributed by atoms with Crippen LogP contribution in [0.2, 0.25) is 0 Å². The molecule has 0 radical (unpaired) electrons. The monoisotopic (exact) mass is 308 g/mol. The number of hydrogen-bond donors (Lipinski definition) is 1. The zero-order valence-electron chi connectivity index (χ0n) is 10.4. The first-order valence-electron chi connectivity index (χ1n) is 6.34. The lowest BCUT2D eigenvalue weighted by atomic mass is 10.1. The van der Waals surface area contributed by atoms with Crippen molar-refractivity contribution in [3.05, 3.63) is 28.8 Å². The zero-order valence-corrected chi connectivity index (χ0v) is 12.0. The second-order valence-corrected chi connectivity index (χ2v) is 5.61. The predicted octanol–water partition coefficient (Wildman–Crippen LogP) is 2.49. The molecule has 0 amide bonds. The zero-order chi connectivity index (χ0) is 12.7. The molecule has 0 aliphatic carbocycles. The molecule has 1 unspecified atom stereocenters. The first kappa shape index (κ1) is 12.0. The van der Waals surface area contributed by atoms with Crippen molar-refractivity contribution < 1.29 is 0 Å². The quantitative estimate of drug-likeness (QED) is 0.927. The van der Waals surface area contributed by atoms with Gasteiger partial charge in [0.2, 0.25) is 0 Å². The number of pyridine rings is 1. The van der Waals surface area contributed by atoms with Crippen LogP contribution in [0.15, 0.2) is 22.9 Å². The predicted molar refractivity (Wildman–Crippen MR) is 76.8 cm³/mol. The standard InChI is InChI=1S/C13H17BrN4/c1-2-17-6-5-9(7-17)13-16-12(14)11-4-3-10(15)8-18(11)13/h3-4,8-9H,2,5-7,15H2,1H3. The van der Waals surface area contributed by atoms with E-state index in [1.165, 1.54) is 6.42 Å². The Morgan fingerprint density at radius 3 is 3.06 bits per heavy atom. The Balaban J connectivity index is 2.04. The third-order valence-electron chi connectivity index (χ3n) is 3.73.